The van der Waals surface area contributed by atoms with Crippen LogP contribution in [-0.2, 0) is 11.2 Å². The lowest BCUT2D eigenvalue weighted by molar-refractivity contribution is -0.122. The molecule has 0 bridgehead atoms. The van der Waals surface area contributed by atoms with Crippen LogP contribution in [0.25, 0.3) is 0 Å². The van der Waals surface area contributed by atoms with Crippen molar-refractivity contribution in [1.82, 2.24) is 5.32 Å². The molecule has 0 aliphatic heterocycles. The first-order valence-corrected chi connectivity index (χ1v) is 7.33. The highest BCUT2D eigenvalue weighted by atomic mass is 35.5. The van der Waals surface area contributed by atoms with Crippen LogP contribution in [0.1, 0.15) is 37.7 Å². The van der Waals surface area contributed by atoms with Gasteiger partial charge in [0.2, 0.25) is 5.91 Å². The second-order valence-corrected chi connectivity index (χ2v) is 5.55. The first-order valence-electron chi connectivity index (χ1n) is 7.33. The molecule has 1 atom stereocenters. The van der Waals surface area contributed by atoms with E-state index in [1.807, 2.05) is 30.3 Å². The molecule has 1 amide bonds. The predicted molar refractivity (Wildman–Crippen MR) is 85.0 cm³/mol. The molecule has 1 aromatic rings. The first kappa shape index (κ1) is 17.0. The minimum absolute atomic E-state index is 0. The summed E-state index contributed by atoms with van der Waals surface area (Å²) in [5, 5.41) is 3.01. The molecule has 1 saturated carbocycles. The van der Waals surface area contributed by atoms with Gasteiger partial charge in [0.15, 0.2) is 0 Å². The van der Waals surface area contributed by atoms with E-state index < -0.39 is 6.04 Å². The van der Waals surface area contributed by atoms with Crippen LogP contribution in [0.5, 0.6) is 0 Å². The number of carbonyl (C=O) groups is 1. The smallest absolute Gasteiger partial charge is 0.237 e. The molecule has 20 heavy (non-hydrogen) atoms. The highest BCUT2D eigenvalue weighted by Gasteiger charge is 2.17. The van der Waals surface area contributed by atoms with Crippen LogP contribution in [0.15, 0.2) is 30.3 Å². The second-order valence-electron chi connectivity index (χ2n) is 5.55. The molecule has 0 aromatic heterocycles. The molecule has 1 aliphatic carbocycles. The largest absolute Gasteiger partial charge is 0.354 e. The number of nitrogens with one attached hydrogen (secondary N) is 1. The maximum Gasteiger partial charge on any atom is 0.237 e. The van der Waals surface area contributed by atoms with Crippen molar-refractivity contribution in [2.24, 2.45) is 11.7 Å². The van der Waals surface area contributed by atoms with Crippen molar-refractivity contribution in [1.29, 1.82) is 0 Å². The van der Waals surface area contributed by atoms with Crippen molar-refractivity contribution in [3.05, 3.63) is 35.9 Å². The number of hydrogen-bond donors (Lipinski definition) is 2. The van der Waals surface area contributed by atoms with E-state index in [-0.39, 0.29) is 18.3 Å². The summed E-state index contributed by atoms with van der Waals surface area (Å²) in [7, 11) is 0. The lowest BCUT2D eigenvalue weighted by Crippen LogP contribution is -2.43. The van der Waals surface area contributed by atoms with Gasteiger partial charge in [0.25, 0.3) is 0 Å². The molecule has 4 heteroatoms. The van der Waals surface area contributed by atoms with E-state index in [0.29, 0.717) is 12.3 Å². The molecule has 0 heterocycles. The fraction of sp³-hybridized carbons (Fsp3) is 0.562. The van der Waals surface area contributed by atoms with E-state index in [2.05, 4.69) is 5.32 Å². The summed E-state index contributed by atoms with van der Waals surface area (Å²) >= 11 is 0. The average Bonchev–Trinajstić information content (AvgIpc) is 2.47. The normalized spacial score (nSPS) is 17.1. The Morgan fingerprint density at radius 2 is 1.85 bits per heavy atom. The summed E-state index contributed by atoms with van der Waals surface area (Å²) in [6.07, 6.45) is 7.05. The Kier molecular flexibility index (Phi) is 7.63. The zero-order valence-electron chi connectivity index (χ0n) is 11.9. The van der Waals surface area contributed by atoms with E-state index in [1.54, 1.807) is 0 Å². The van der Waals surface area contributed by atoms with E-state index in [1.165, 1.54) is 32.1 Å². The fourth-order valence-electron chi connectivity index (χ4n) is 2.73. The van der Waals surface area contributed by atoms with Gasteiger partial charge in [-0.15, -0.1) is 12.4 Å². The van der Waals surface area contributed by atoms with Gasteiger partial charge in [-0.1, -0.05) is 49.6 Å². The lowest BCUT2D eigenvalue weighted by atomic mass is 9.89. The van der Waals surface area contributed by atoms with Crippen LogP contribution in [0.4, 0.5) is 0 Å². The van der Waals surface area contributed by atoms with E-state index in [4.69, 9.17) is 5.73 Å². The van der Waals surface area contributed by atoms with Gasteiger partial charge in [-0.2, -0.15) is 0 Å². The van der Waals surface area contributed by atoms with Gasteiger partial charge in [-0.3, -0.25) is 4.79 Å². The van der Waals surface area contributed by atoms with E-state index in [0.717, 1.165) is 12.1 Å². The van der Waals surface area contributed by atoms with Gasteiger partial charge in [-0.25, -0.2) is 0 Å². The van der Waals surface area contributed by atoms with Gasteiger partial charge >= 0.3 is 0 Å². The molecule has 1 aliphatic rings. The summed E-state index contributed by atoms with van der Waals surface area (Å²) in [4.78, 5) is 12.0. The van der Waals surface area contributed by atoms with Gasteiger partial charge in [-0.05, 0) is 30.7 Å². The second kappa shape index (κ2) is 8.98. The highest BCUT2D eigenvalue weighted by Crippen LogP contribution is 2.22. The van der Waals surface area contributed by atoms with E-state index in [9.17, 15) is 4.79 Å². The van der Waals surface area contributed by atoms with Crippen LogP contribution in [-0.4, -0.2) is 18.5 Å². The van der Waals surface area contributed by atoms with Gasteiger partial charge in [0, 0.05) is 6.54 Å². The Morgan fingerprint density at radius 3 is 2.50 bits per heavy atom. The summed E-state index contributed by atoms with van der Waals surface area (Å²) in [6.45, 7) is 0.793. The zero-order chi connectivity index (χ0) is 13.5. The minimum Gasteiger partial charge on any atom is -0.354 e. The molecule has 3 nitrogen and oxygen atoms in total. The molecule has 2 rings (SSSR count). The zero-order valence-corrected chi connectivity index (χ0v) is 12.7. The van der Waals surface area contributed by atoms with Gasteiger partial charge in [0.1, 0.15) is 0 Å². The number of rotatable bonds is 5. The standard InChI is InChI=1S/C16H24N2O.ClH/c17-15(11-13-7-3-1-4-8-13)16(19)18-12-14-9-5-2-6-10-14;/h1,3-4,7-8,14-15H,2,5-6,9-12,17H2,(H,18,19);1H. The maximum atomic E-state index is 12.0. The summed E-state index contributed by atoms with van der Waals surface area (Å²) < 4.78 is 0. The van der Waals surface area contributed by atoms with Crippen LogP contribution in [0.3, 0.4) is 0 Å². The molecule has 0 radical (unpaired) electrons. The number of hydrogen-bond acceptors (Lipinski definition) is 2. The van der Waals surface area contributed by atoms with Crippen LogP contribution in [0, 0.1) is 5.92 Å². The van der Waals surface area contributed by atoms with Crippen molar-refractivity contribution in [3.63, 3.8) is 0 Å². The molecule has 0 spiro atoms. The van der Waals surface area contributed by atoms with Gasteiger partial charge < -0.3 is 11.1 Å². The van der Waals surface area contributed by atoms with Crippen molar-refractivity contribution in [3.8, 4) is 0 Å². The molecule has 112 valence electrons. The maximum absolute atomic E-state index is 12.0. The third-order valence-electron chi connectivity index (χ3n) is 3.92. The number of halogens is 1. The topological polar surface area (TPSA) is 55.1 Å². The van der Waals surface area contributed by atoms with Crippen LogP contribution >= 0.6 is 12.4 Å². The lowest BCUT2D eigenvalue weighted by Gasteiger charge is -2.22. The molecule has 0 saturated heterocycles. The molecule has 1 aromatic carbocycles. The Labute approximate surface area is 127 Å². The van der Waals surface area contributed by atoms with Crippen molar-refractivity contribution in [2.45, 2.75) is 44.6 Å². The Hall–Kier alpha value is -1.06. The summed E-state index contributed by atoms with van der Waals surface area (Å²) in [5.41, 5.74) is 7.07. The number of carbonyl (C=O) groups excluding carboxylic acids is 1. The fourth-order valence-corrected chi connectivity index (χ4v) is 2.73. The highest BCUT2D eigenvalue weighted by molar-refractivity contribution is 5.85. The molecular weight excluding hydrogens is 272 g/mol. The van der Waals surface area contributed by atoms with Crippen LogP contribution < -0.4 is 11.1 Å². The Bertz CT molecular complexity index is 391. The molecule has 1 fully saturated rings. The Balaban J connectivity index is 0.00000200. The Morgan fingerprint density at radius 1 is 1.20 bits per heavy atom. The first-order chi connectivity index (χ1) is 9.25. The van der Waals surface area contributed by atoms with E-state index >= 15 is 0 Å². The van der Waals surface area contributed by atoms with Crippen molar-refractivity contribution < 1.29 is 4.79 Å². The SMILES string of the molecule is Cl.NC(Cc1ccccc1)C(=O)NCC1CCCCC1. The number of nitrogens with two attached hydrogens (primary N) is 1. The molecular formula is C16H25ClN2O. The number of benzene rings is 1. The molecule has 1 unspecified atom stereocenters. The van der Waals surface area contributed by atoms with Crippen LogP contribution in [0.2, 0.25) is 0 Å². The minimum atomic E-state index is -0.439. The average molecular weight is 297 g/mol. The quantitative estimate of drug-likeness (QED) is 0.878. The third-order valence-corrected chi connectivity index (χ3v) is 3.92. The van der Waals surface area contributed by atoms with Crippen molar-refractivity contribution in [2.75, 3.05) is 6.54 Å². The number of amides is 1. The summed E-state index contributed by atoms with van der Waals surface area (Å²) in [6, 6.07) is 9.50. The van der Waals surface area contributed by atoms with Crippen molar-refractivity contribution >= 4 is 18.3 Å². The predicted octanol–water partition coefficient (Wildman–Crippen LogP) is 2.67. The third kappa shape index (κ3) is 5.51. The molecule has 3 N–H and O–H groups in total. The monoisotopic (exact) mass is 296 g/mol. The summed E-state index contributed by atoms with van der Waals surface area (Å²) in [5.74, 6) is 0.635. The van der Waals surface area contributed by atoms with Gasteiger partial charge in [0.05, 0.1) is 6.04 Å².